The van der Waals surface area contributed by atoms with Crippen molar-refractivity contribution in [2.75, 3.05) is 26.2 Å². The van der Waals surface area contributed by atoms with E-state index in [0.717, 1.165) is 57.7 Å². The summed E-state index contributed by atoms with van der Waals surface area (Å²) in [5, 5.41) is 35.3. The molecule has 0 radical (unpaired) electrons. The highest BCUT2D eigenvalue weighted by atomic mass is 35.5. The predicted octanol–water partition coefficient (Wildman–Crippen LogP) is 6.05. The monoisotopic (exact) mass is 631 g/mol. The molecular formula is C32H35Cl2NO8. The normalized spacial score (nSPS) is 11.4. The maximum Gasteiger partial charge on any atom is 0.336 e. The zero-order chi connectivity index (χ0) is 32.0. The van der Waals surface area contributed by atoms with E-state index >= 15 is 0 Å². The lowest BCUT2D eigenvalue weighted by Crippen LogP contribution is -2.42. The average Bonchev–Trinajstić information content (AvgIpc) is 2.95. The van der Waals surface area contributed by atoms with Crippen LogP contribution in [0.2, 0.25) is 10.0 Å². The van der Waals surface area contributed by atoms with Gasteiger partial charge in [0.15, 0.2) is 5.60 Å². The molecule has 0 fully saturated rings. The van der Waals surface area contributed by atoms with Gasteiger partial charge < -0.3 is 30.1 Å². The van der Waals surface area contributed by atoms with E-state index in [2.05, 4.69) is 37.0 Å². The highest BCUT2D eigenvalue weighted by Gasteiger charge is 2.40. The summed E-state index contributed by atoms with van der Waals surface area (Å²) in [4.78, 5) is 32.8. The Labute approximate surface area is 260 Å². The zero-order valence-corrected chi connectivity index (χ0v) is 25.4. The molecule has 0 saturated carbocycles. The molecule has 11 heteroatoms. The molecule has 0 heterocycles. The number of nitrogens with zero attached hydrogens (tertiary/aromatic N) is 1. The van der Waals surface area contributed by atoms with Crippen molar-refractivity contribution in [3.05, 3.63) is 99.5 Å². The Morgan fingerprint density at radius 3 is 1.63 bits per heavy atom. The number of hydrogen-bond acceptors (Lipinski definition) is 6. The first-order chi connectivity index (χ1) is 20.4. The van der Waals surface area contributed by atoms with Crippen molar-refractivity contribution < 1.29 is 39.5 Å². The standard InChI is InChI=1S/C26H27Cl2NO.C6H8O7/c1-3-29(4-2)17-18-30-25-15-9-22(10-16-25)26(21-7-13-24(28)14-8-21)19-20-5-11-23(27)12-6-20;7-3(8)1-6(13,5(11)12)2-4(9)10/h5-16,19H,3-4,17-18H2,1-2H3;13H,1-2H2,(H,7,8)(H,9,10)(H,11,12)/b26-19+;. The molecule has 0 aromatic heterocycles. The number of aliphatic carboxylic acids is 3. The number of aliphatic hydroxyl groups is 1. The van der Waals surface area contributed by atoms with Gasteiger partial charge >= 0.3 is 17.9 Å². The van der Waals surface area contributed by atoms with Crippen LogP contribution in [0.5, 0.6) is 5.75 Å². The smallest absolute Gasteiger partial charge is 0.336 e. The highest BCUT2D eigenvalue weighted by Crippen LogP contribution is 2.29. The number of likely N-dealkylation sites (N-methyl/N-ethyl adjacent to an activating group) is 1. The molecule has 0 bridgehead atoms. The van der Waals surface area contributed by atoms with Crippen molar-refractivity contribution in [2.24, 2.45) is 0 Å². The summed E-state index contributed by atoms with van der Waals surface area (Å²) in [6.45, 7) is 8.04. The van der Waals surface area contributed by atoms with Gasteiger partial charge in [-0.2, -0.15) is 0 Å². The summed E-state index contributed by atoms with van der Waals surface area (Å²) in [7, 11) is 0. The Morgan fingerprint density at radius 1 is 0.767 bits per heavy atom. The second-order valence-corrected chi connectivity index (χ2v) is 10.4. The second-order valence-electron chi connectivity index (χ2n) is 9.49. The molecule has 3 aromatic carbocycles. The summed E-state index contributed by atoms with van der Waals surface area (Å²) in [5.41, 5.74) is 1.68. The lowest BCUT2D eigenvalue weighted by molar-refractivity contribution is -0.170. The third-order valence-corrected chi connectivity index (χ3v) is 6.86. The topological polar surface area (TPSA) is 145 Å². The highest BCUT2D eigenvalue weighted by molar-refractivity contribution is 6.31. The number of carboxylic acids is 3. The van der Waals surface area contributed by atoms with Gasteiger partial charge in [0.05, 0.1) is 12.8 Å². The quantitative estimate of drug-likeness (QED) is 0.156. The summed E-state index contributed by atoms with van der Waals surface area (Å²) in [5.74, 6) is -4.14. The van der Waals surface area contributed by atoms with Crippen molar-refractivity contribution >= 4 is 52.8 Å². The minimum absolute atomic E-state index is 0.686. The molecule has 0 aliphatic rings. The van der Waals surface area contributed by atoms with Crippen molar-refractivity contribution in [2.45, 2.75) is 32.3 Å². The minimum Gasteiger partial charge on any atom is -0.492 e. The van der Waals surface area contributed by atoms with Gasteiger partial charge in [0, 0.05) is 16.6 Å². The molecule has 43 heavy (non-hydrogen) atoms. The van der Waals surface area contributed by atoms with E-state index in [-0.39, 0.29) is 0 Å². The fourth-order valence-electron chi connectivity index (χ4n) is 3.97. The maximum absolute atomic E-state index is 10.3. The molecule has 3 aromatic rings. The van der Waals surface area contributed by atoms with Gasteiger partial charge in [0.25, 0.3) is 0 Å². The van der Waals surface area contributed by atoms with Gasteiger partial charge in [-0.3, -0.25) is 9.59 Å². The molecule has 3 rings (SSSR count). The van der Waals surface area contributed by atoms with Crippen molar-refractivity contribution in [3.8, 4) is 5.75 Å². The third-order valence-electron chi connectivity index (χ3n) is 6.36. The van der Waals surface area contributed by atoms with Crippen LogP contribution in [-0.4, -0.2) is 75.1 Å². The number of carboxylic acid groups (broad SMARTS) is 3. The molecule has 0 aliphatic heterocycles. The number of carbonyl (C=O) groups is 3. The van der Waals surface area contributed by atoms with Gasteiger partial charge in [0.2, 0.25) is 0 Å². The van der Waals surface area contributed by atoms with Gasteiger partial charge in [-0.15, -0.1) is 0 Å². The number of rotatable bonds is 14. The molecule has 0 unspecified atom stereocenters. The molecule has 0 aliphatic carbocycles. The average molecular weight is 633 g/mol. The van der Waals surface area contributed by atoms with E-state index in [0.29, 0.717) is 6.61 Å². The van der Waals surface area contributed by atoms with Crippen LogP contribution in [0.3, 0.4) is 0 Å². The molecule has 0 atom stereocenters. The van der Waals surface area contributed by atoms with E-state index in [9.17, 15) is 14.4 Å². The fourth-order valence-corrected chi connectivity index (χ4v) is 4.22. The van der Waals surface area contributed by atoms with Crippen LogP contribution in [0.25, 0.3) is 11.6 Å². The summed E-state index contributed by atoms with van der Waals surface area (Å²) < 4.78 is 5.93. The number of hydrogen-bond donors (Lipinski definition) is 4. The Morgan fingerprint density at radius 2 is 1.21 bits per heavy atom. The van der Waals surface area contributed by atoms with Crippen LogP contribution >= 0.6 is 23.2 Å². The fraction of sp³-hybridized carbons (Fsp3) is 0.281. The molecule has 0 spiro atoms. The van der Waals surface area contributed by atoms with Gasteiger partial charge in [0.1, 0.15) is 12.4 Å². The predicted molar refractivity (Wildman–Crippen MR) is 167 cm³/mol. The Kier molecular flexibility index (Phi) is 14.2. The molecular weight excluding hydrogens is 597 g/mol. The van der Waals surface area contributed by atoms with Crippen LogP contribution < -0.4 is 4.74 Å². The molecule has 230 valence electrons. The van der Waals surface area contributed by atoms with E-state index in [4.69, 9.17) is 48.4 Å². The van der Waals surface area contributed by atoms with Crippen molar-refractivity contribution in [1.29, 1.82) is 0 Å². The first-order valence-corrected chi connectivity index (χ1v) is 14.2. The van der Waals surface area contributed by atoms with Gasteiger partial charge in [-0.05, 0) is 77.8 Å². The Balaban J connectivity index is 0.000000420. The largest absolute Gasteiger partial charge is 0.492 e. The van der Waals surface area contributed by atoms with E-state index in [1.807, 2.05) is 60.7 Å². The first kappa shape index (κ1) is 35.3. The Hall–Kier alpha value is -3.89. The minimum atomic E-state index is -2.74. The van der Waals surface area contributed by atoms with E-state index in [1.165, 1.54) is 0 Å². The zero-order valence-electron chi connectivity index (χ0n) is 23.9. The number of ether oxygens (including phenoxy) is 1. The van der Waals surface area contributed by atoms with Crippen molar-refractivity contribution in [1.82, 2.24) is 4.90 Å². The SMILES string of the molecule is CCN(CC)CCOc1ccc(/C(=C/c2ccc(Cl)cc2)c2ccc(Cl)cc2)cc1.O=C(O)CC(O)(CC(=O)O)C(=O)O. The van der Waals surface area contributed by atoms with Crippen LogP contribution in [0.4, 0.5) is 0 Å². The first-order valence-electron chi connectivity index (χ1n) is 13.4. The molecule has 0 saturated heterocycles. The van der Waals surface area contributed by atoms with Crippen LogP contribution in [0.15, 0.2) is 72.8 Å². The van der Waals surface area contributed by atoms with Crippen molar-refractivity contribution in [3.63, 3.8) is 0 Å². The lowest BCUT2D eigenvalue weighted by atomic mass is 9.95. The summed E-state index contributed by atoms with van der Waals surface area (Å²) in [6.07, 6.45) is -0.126. The summed E-state index contributed by atoms with van der Waals surface area (Å²) in [6, 6.07) is 24.0. The van der Waals surface area contributed by atoms with Crippen LogP contribution in [-0.2, 0) is 14.4 Å². The number of benzene rings is 3. The Bertz CT molecular complexity index is 1350. The number of halogens is 2. The molecule has 0 amide bonds. The second kappa shape index (κ2) is 17.3. The van der Waals surface area contributed by atoms with E-state index < -0.39 is 36.4 Å². The van der Waals surface area contributed by atoms with E-state index in [1.54, 1.807) is 0 Å². The lowest BCUT2D eigenvalue weighted by Gasteiger charge is -2.18. The molecule has 9 nitrogen and oxygen atoms in total. The summed E-state index contributed by atoms with van der Waals surface area (Å²) >= 11 is 12.1. The third kappa shape index (κ3) is 12.1. The van der Waals surface area contributed by atoms with Crippen LogP contribution in [0, 0.1) is 0 Å². The van der Waals surface area contributed by atoms with Gasteiger partial charge in [-0.1, -0.05) is 73.4 Å². The van der Waals surface area contributed by atoms with Crippen LogP contribution in [0.1, 0.15) is 43.4 Å². The maximum atomic E-state index is 10.3. The van der Waals surface area contributed by atoms with Gasteiger partial charge in [-0.25, -0.2) is 4.79 Å². The molecule has 4 N–H and O–H groups in total.